The van der Waals surface area contributed by atoms with Crippen LogP contribution in [0.1, 0.15) is 92.9 Å². The first-order valence-corrected chi connectivity index (χ1v) is 15.3. The van der Waals surface area contributed by atoms with Gasteiger partial charge in [-0.3, -0.25) is 4.79 Å². The zero-order valence-electron chi connectivity index (χ0n) is 24.5. The van der Waals surface area contributed by atoms with Crippen molar-refractivity contribution in [3.63, 3.8) is 0 Å². The molecule has 2 spiro atoms. The number of nitrogens with zero attached hydrogens (tertiary/aromatic N) is 1. The lowest BCUT2D eigenvalue weighted by Gasteiger charge is -2.63. The monoisotopic (exact) mass is 555 g/mol. The smallest absolute Gasteiger partial charge is 0.393 e. The zero-order chi connectivity index (χ0) is 28.6. The molecule has 222 valence electrons. The van der Waals surface area contributed by atoms with Gasteiger partial charge in [0, 0.05) is 18.9 Å². The zero-order valence-corrected chi connectivity index (χ0v) is 24.5. The molecule has 12 atom stereocenters. The van der Waals surface area contributed by atoms with Gasteiger partial charge in [0.15, 0.2) is 0 Å². The number of ether oxygens (including phenoxy) is 1. The highest BCUT2D eigenvalue weighted by Gasteiger charge is 2.84. The Hall–Kier alpha value is -0.860. The molecule has 1 amide bonds. The predicted molar refractivity (Wildman–Crippen MR) is 140 cm³/mol. The van der Waals surface area contributed by atoms with Crippen LogP contribution in [0, 0.1) is 50.7 Å². The van der Waals surface area contributed by atoms with E-state index in [0.717, 1.165) is 43.4 Å². The lowest BCUT2D eigenvalue weighted by molar-refractivity contribution is -0.183. The molecule has 6 fully saturated rings. The van der Waals surface area contributed by atoms with Crippen molar-refractivity contribution in [1.82, 2.24) is 4.90 Å². The van der Waals surface area contributed by atoms with Gasteiger partial charge in [0.1, 0.15) is 6.54 Å². The van der Waals surface area contributed by atoms with Crippen LogP contribution in [0.15, 0.2) is 0 Å². The van der Waals surface area contributed by atoms with E-state index in [9.17, 15) is 28.2 Å². The summed E-state index contributed by atoms with van der Waals surface area (Å²) in [6.45, 7) is 11.1. The quantitative estimate of drug-likeness (QED) is 0.478. The van der Waals surface area contributed by atoms with Gasteiger partial charge < -0.3 is 19.8 Å². The average molecular weight is 556 g/mol. The SMILES string of the molecule is CC(=O)N(C[C@H]1C[C@@H](C)[C@H]2[C@H](O1)[C@H](O)[C@@]1(C)C3CCC4C(C)(C)[C@@H](O)CC[C@@]45C[C@@]35CC[C@]21C)CC(F)(F)F. The van der Waals surface area contributed by atoms with Crippen LogP contribution in [-0.4, -0.2) is 64.7 Å². The largest absolute Gasteiger partial charge is 0.406 e. The first kappa shape index (κ1) is 28.3. The maximum absolute atomic E-state index is 13.2. The van der Waals surface area contributed by atoms with E-state index in [1.807, 2.05) is 0 Å². The van der Waals surface area contributed by atoms with Crippen molar-refractivity contribution < 1.29 is 32.9 Å². The molecule has 2 N–H and O–H groups in total. The summed E-state index contributed by atoms with van der Waals surface area (Å²) in [6, 6.07) is 0. The van der Waals surface area contributed by atoms with Crippen LogP contribution < -0.4 is 0 Å². The standard InChI is InChI=1S/C31H48F3NO4/c1-17-13-19(14-35(18(2)36)16-31(32,33)34)39-24-23(17)27(5)11-12-30-15-29(30)10-9-22(37)26(3,4)20(29)7-8-21(30)28(27,6)25(24)38/h17,19-25,37-38H,7-16H2,1-6H3/t17-,19-,20?,21?,22+,23+,24+,25+,27-,28-,29-,30+/m1/s1. The molecule has 0 aromatic heterocycles. The Bertz CT molecular complexity index is 1030. The molecular formula is C31H48F3NO4. The number of aliphatic hydroxyl groups is 2. The number of alkyl halides is 3. The number of hydrogen-bond donors (Lipinski definition) is 2. The molecule has 0 aromatic rings. The van der Waals surface area contributed by atoms with Crippen molar-refractivity contribution in [3.05, 3.63) is 0 Å². The van der Waals surface area contributed by atoms with Gasteiger partial charge in [-0.05, 0) is 96.7 Å². The molecule has 0 radical (unpaired) electrons. The van der Waals surface area contributed by atoms with Gasteiger partial charge in [-0.25, -0.2) is 0 Å². The molecule has 1 aliphatic heterocycles. The fourth-order valence-electron chi connectivity index (χ4n) is 12.3. The minimum absolute atomic E-state index is 0.0967. The summed E-state index contributed by atoms with van der Waals surface area (Å²) >= 11 is 0. The van der Waals surface area contributed by atoms with Crippen LogP contribution in [0.5, 0.6) is 0 Å². The molecule has 1 saturated heterocycles. The topological polar surface area (TPSA) is 70.0 Å². The fraction of sp³-hybridized carbons (Fsp3) is 0.968. The van der Waals surface area contributed by atoms with Crippen LogP contribution in [0.3, 0.4) is 0 Å². The lowest BCUT2D eigenvalue weighted by atomic mass is 9.41. The number of aliphatic hydroxyl groups excluding tert-OH is 2. The van der Waals surface area contributed by atoms with E-state index in [2.05, 4.69) is 34.6 Å². The number of rotatable bonds is 3. The third kappa shape index (κ3) is 3.52. The summed E-state index contributed by atoms with van der Waals surface area (Å²) < 4.78 is 46.1. The third-order valence-corrected chi connectivity index (χ3v) is 14.1. The van der Waals surface area contributed by atoms with Gasteiger partial charge in [-0.15, -0.1) is 0 Å². The van der Waals surface area contributed by atoms with Gasteiger partial charge in [-0.2, -0.15) is 13.2 Å². The van der Waals surface area contributed by atoms with E-state index in [1.54, 1.807) is 0 Å². The molecule has 0 bridgehead atoms. The van der Waals surface area contributed by atoms with Gasteiger partial charge in [0.2, 0.25) is 5.91 Å². The van der Waals surface area contributed by atoms with Crippen LogP contribution in [0.2, 0.25) is 0 Å². The Labute approximate surface area is 231 Å². The van der Waals surface area contributed by atoms with E-state index in [-0.39, 0.29) is 51.6 Å². The predicted octanol–water partition coefficient (Wildman–Crippen LogP) is 5.57. The molecule has 5 saturated carbocycles. The van der Waals surface area contributed by atoms with E-state index < -0.39 is 36.9 Å². The van der Waals surface area contributed by atoms with E-state index in [1.165, 1.54) is 13.3 Å². The first-order valence-electron chi connectivity index (χ1n) is 15.3. The van der Waals surface area contributed by atoms with Crippen molar-refractivity contribution in [2.24, 2.45) is 50.7 Å². The molecule has 6 rings (SSSR count). The summed E-state index contributed by atoms with van der Waals surface area (Å²) in [5.41, 5.74) is -0.100. The number of fused-ring (bicyclic) bond motifs is 4. The van der Waals surface area contributed by atoms with Crippen molar-refractivity contribution >= 4 is 5.91 Å². The second-order valence-corrected chi connectivity index (χ2v) is 15.7. The summed E-state index contributed by atoms with van der Waals surface area (Å²) in [5, 5.41) is 23.1. The van der Waals surface area contributed by atoms with E-state index in [4.69, 9.17) is 4.74 Å². The highest BCUT2D eigenvalue weighted by atomic mass is 19.4. The molecule has 5 nitrogen and oxygen atoms in total. The Morgan fingerprint density at radius 3 is 2.28 bits per heavy atom. The molecule has 6 aliphatic rings. The lowest BCUT2D eigenvalue weighted by Crippen LogP contribution is -2.59. The van der Waals surface area contributed by atoms with E-state index in [0.29, 0.717) is 18.3 Å². The normalized spacial score (nSPS) is 53.5. The Balaban J connectivity index is 1.29. The Kier molecular flexibility index (Phi) is 6.07. The summed E-state index contributed by atoms with van der Waals surface area (Å²) in [6.07, 6.45) is 1.66. The number of amides is 1. The minimum atomic E-state index is -4.46. The van der Waals surface area contributed by atoms with Crippen LogP contribution in [0.4, 0.5) is 13.2 Å². The first-order chi connectivity index (χ1) is 17.9. The van der Waals surface area contributed by atoms with Crippen molar-refractivity contribution in [2.45, 2.75) is 124 Å². The summed E-state index contributed by atoms with van der Waals surface area (Å²) in [7, 11) is 0. The number of halogens is 3. The maximum atomic E-state index is 13.2. The number of carbonyl (C=O) groups is 1. The Morgan fingerprint density at radius 2 is 1.64 bits per heavy atom. The third-order valence-electron chi connectivity index (χ3n) is 14.1. The highest BCUT2D eigenvalue weighted by Crippen LogP contribution is 2.89. The second-order valence-electron chi connectivity index (χ2n) is 15.7. The molecule has 2 unspecified atom stereocenters. The summed E-state index contributed by atoms with van der Waals surface area (Å²) in [5.74, 6) is 0.585. The molecule has 8 heteroatoms. The van der Waals surface area contributed by atoms with Gasteiger partial charge in [0.05, 0.1) is 24.4 Å². The van der Waals surface area contributed by atoms with Crippen molar-refractivity contribution in [3.8, 4) is 0 Å². The van der Waals surface area contributed by atoms with Crippen molar-refractivity contribution in [1.29, 1.82) is 0 Å². The van der Waals surface area contributed by atoms with Gasteiger partial charge >= 0.3 is 6.18 Å². The molecule has 39 heavy (non-hydrogen) atoms. The minimum Gasteiger partial charge on any atom is -0.393 e. The van der Waals surface area contributed by atoms with Gasteiger partial charge in [-0.1, -0.05) is 34.6 Å². The molecule has 0 aromatic carbocycles. The van der Waals surface area contributed by atoms with Gasteiger partial charge in [0.25, 0.3) is 0 Å². The van der Waals surface area contributed by atoms with E-state index >= 15 is 0 Å². The maximum Gasteiger partial charge on any atom is 0.406 e. The molecule has 5 aliphatic carbocycles. The van der Waals surface area contributed by atoms with Crippen molar-refractivity contribution in [2.75, 3.05) is 13.1 Å². The number of hydrogen-bond acceptors (Lipinski definition) is 4. The van der Waals surface area contributed by atoms with Crippen LogP contribution >= 0.6 is 0 Å². The number of carbonyl (C=O) groups excluding carboxylic acids is 1. The average Bonchev–Trinajstić information content (AvgIpc) is 3.45. The highest BCUT2D eigenvalue weighted by molar-refractivity contribution is 5.73. The van der Waals surface area contributed by atoms with Crippen LogP contribution in [0.25, 0.3) is 0 Å². The summed E-state index contributed by atoms with van der Waals surface area (Å²) in [4.78, 5) is 12.9. The van der Waals surface area contributed by atoms with Crippen LogP contribution in [-0.2, 0) is 9.53 Å². The fourth-order valence-corrected chi connectivity index (χ4v) is 12.3. The Morgan fingerprint density at radius 1 is 1.00 bits per heavy atom. The second kappa shape index (κ2) is 8.37. The molecular weight excluding hydrogens is 507 g/mol. The molecule has 1 heterocycles.